The smallest absolute Gasteiger partial charge is 0.305 e. The van der Waals surface area contributed by atoms with Crippen molar-refractivity contribution in [3.05, 3.63) is 17.3 Å². The van der Waals surface area contributed by atoms with Crippen molar-refractivity contribution in [3.63, 3.8) is 0 Å². The maximum Gasteiger partial charge on any atom is 0.305 e. The van der Waals surface area contributed by atoms with Gasteiger partial charge in [0.25, 0.3) is 5.82 Å². The normalized spacial score (nSPS) is 11.2. The highest BCUT2D eigenvalue weighted by molar-refractivity contribution is 6.33. The first kappa shape index (κ1) is 10.9. The van der Waals surface area contributed by atoms with Gasteiger partial charge in [-0.3, -0.25) is 4.98 Å². The molecule has 3 N–H and O–H groups in total. The van der Waals surface area contributed by atoms with Crippen molar-refractivity contribution in [1.29, 1.82) is 0 Å². The molecule has 0 fully saturated rings. The van der Waals surface area contributed by atoms with Gasteiger partial charge in [0.05, 0.1) is 0 Å². The fraction of sp³-hybridized carbons (Fsp3) is 0.300. The summed E-state index contributed by atoms with van der Waals surface area (Å²) < 4.78 is 0. The van der Waals surface area contributed by atoms with E-state index < -0.39 is 5.60 Å². The number of H-pyrrole nitrogens is 2. The van der Waals surface area contributed by atoms with E-state index >= 15 is 0 Å². The van der Waals surface area contributed by atoms with Crippen molar-refractivity contribution < 1.29 is 10.1 Å². The van der Waals surface area contributed by atoms with E-state index in [0.717, 1.165) is 0 Å². The highest BCUT2D eigenvalue weighted by Gasteiger charge is 2.13. The van der Waals surface area contributed by atoms with E-state index in [0.29, 0.717) is 16.3 Å². The van der Waals surface area contributed by atoms with E-state index in [2.05, 4.69) is 31.8 Å². The summed E-state index contributed by atoms with van der Waals surface area (Å²) >= 11 is 5.92. The first-order valence-electron chi connectivity index (χ1n) is 4.63. The third kappa shape index (κ3) is 2.30. The second-order valence-electron chi connectivity index (χ2n) is 3.80. The second kappa shape index (κ2) is 3.74. The number of rotatable bonds is 0. The molecule has 2 aromatic heterocycles. The number of aromatic nitrogens is 4. The van der Waals surface area contributed by atoms with E-state index in [4.69, 9.17) is 11.6 Å². The molecule has 0 aliphatic carbocycles. The Morgan fingerprint density at radius 3 is 2.94 bits per heavy atom. The first-order chi connectivity index (χ1) is 7.46. The molecule has 2 heterocycles. The van der Waals surface area contributed by atoms with E-state index in [-0.39, 0.29) is 5.82 Å². The molecule has 0 saturated carbocycles. The van der Waals surface area contributed by atoms with Crippen LogP contribution < -0.4 is 4.98 Å². The molecule has 0 aromatic carbocycles. The summed E-state index contributed by atoms with van der Waals surface area (Å²) in [7, 11) is 0. The van der Waals surface area contributed by atoms with Gasteiger partial charge in [0.15, 0.2) is 11.5 Å². The molecule has 0 bridgehead atoms. The van der Waals surface area contributed by atoms with Crippen molar-refractivity contribution in [2.45, 2.75) is 19.4 Å². The van der Waals surface area contributed by atoms with E-state index in [9.17, 15) is 5.11 Å². The molecule has 6 heteroatoms. The Kier molecular flexibility index (Phi) is 2.54. The summed E-state index contributed by atoms with van der Waals surface area (Å²) in [5.41, 5.74) is 0.141. The Labute approximate surface area is 96.9 Å². The summed E-state index contributed by atoms with van der Waals surface area (Å²) in [6, 6.07) is 0. The fourth-order valence-corrected chi connectivity index (χ4v) is 1.33. The lowest BCUT2D eigenvalue weighted by atomic mass is 10.1. The van der Waals surface area contributed by atoms with Crippen LogP contribution in [0.5, 0.6) is 0 Å². The lowest BCUT2D eigenvalue weighted by molar-refractivity contribution is -0.347. The third-order valence-electron chi connectivity index (χ3n) is 1.77. The van der Waals surface area contributed by atoms with E-state index in [1.807, 2.05) is 0 Å². The van der Waals surface area contributed by atoms with Crippen molar-refractivity contribution in [2.75, 3.05) is 0 Å². The van der Waals surface area contributed by atoms with Gasteiger partial charge < -0.3 is 5.11 Å². The number of aromatic amines is 2. The molecule has 0 amide bonds. The van der Waals surface area contributed by atoms with Crippen molar-refractivity contribution in [3.8, 4) is 11.8 Å². The quantitative estimate of drug-likeness (QED) is 0.519. The minimum atomic E-state index is -1.08. The molecular formula is C10H10ClN4O+. The monoisotopic (exact) mass is 237 g/mol. The Morgan fingerprint density at radius 1 is 1.50 bits per heavy atom. The zero-order valence-corrected chi connectivity index (χ0v) is 9.55. The minimum Gasteiger partial charge on any atom is -0.378 e. The van der Waals surface area contributed by atoms with Gasteiger partial charge in [-0.1, -0.05) is 22.5 Å². The Bertz CT molecular complexity index is 588. The predicted octanol–water partition coefficient (Wildman–Crippen LogP) is 0.548. The van der Waals surface area contributed by atoms with Crippen LogP contribution in [0.1, 0.15) is 19.7 Å². The van der Waals surface area contributed by atoms with Crippen LogP contribution >= 0.6 is 11.6 Å². The topological polar surface area (TPSA) is 75.9 Å². The molecule has 0 spiro atoms. The van der Waals surface area contributed by atoms with Crippen LogP contribution in [0.15, 0.2) is 6.33 Å². The van der Waals surface area contributed by atoms with E-state index in [1.54, 1.807) is 20.2 Å². The Balaban J connectivity index is 2.49. The molecule has 0 unspecified atom stereocenters. The summed E-state index contributed by atoms with van der Waals surface area (Å²) in [5.74, 6) is 5.56. The highest BCUT2D eigenvalue weighted by atomic mass is 35.5. The predicted molar refractivity (Wildman–Crippen MR) is 58.6 cm³/mol. The average Bonchev–Trinajstić information content (AvgIpc) is 2.62. The second-order valence-corrected chi connectivity index (χ2v) is 4.16. The number of fused-ring (bicyclic) bond motifs is 1. The number of halogens is 1. The third-order valence-corrected chi connectivity index (χ3v) is 2.04. The highest BCUT2D eigenvalue weighted by Crippen LogP contribution is 2.13. The van der Waals surface area contributed by atoms with Crippen LogP contribution in [-0.4, -0.2) is 25.7 Å². The average molecular weight is 238 g/mol. The van der Waals surface area contributed by atoms with Crippen molar-refractivity contribution in [2.24, 2.45) is 0 Å². The zero-order chi connectivity index (χ0) is 11.8. The summed E-state index contributed by atoms with van der Waals surface area (Å²) in [4.78, 5) is 13.9. The molecule has 0 saturated heterocycles. The van der Waals surface area contributed by atoms with Gasteiger partial charge in [0, 0.05) is 0 Å². The molecule has 0 atom stereocenters. The molecule has 0 aliphatic heterocycles. The summed E-state index contributed by atoms with van der Waals surface area (Å²) in [6.45, 7) is 3.17. The first-order valence-corrected chi connectivity index (χ1v) is 5.01. The van der Waals surface area contributed by atoms with Gasteiger partial charge in [-0.05, 0) is 19.8 Å². The number of nitrogens with zero attached hydrogens (tertiary/aromatic N) is 2. The number of hydrogen-bond acceptors (Lipinski definition) is 3. The number of nitrogens with one attached hydrogen (secondary N) is 2. The zero-order valence-electron chi connectivity index (χ0n) is 8.80. The van der Waals surface area contributed by atoms with Gasteiger partial charge in [-0.25, -0.2) is 4.98 Å². The SMILES string of the molecule is CC(C)(O)C#Cc1nc(Cl)c2[nH]c[nH+]c2n1. The van der Waals surface area contributed by atoms with Gasteiger partial charge in [-0.15, -0.1) is 0 Å². The van der Waals surface area contributed by atoms with Gasteiger partial charge in [0.1, 0.15) is 5.60 Å². The molecular weight excluding hydrogens is 228 g/mol. The van der Waals surface area contributed by atoms with Crippen LogP contribution in [0.2, 0.25) is 5.15 Å². The standard InChI is InChI=1S/C10H9ClN4O/c1-10(2,16)4-3-6-14-8(11)7-9(15-6)13-5-12-7/h5,16H,1-2H3,(H,12,13,14,15)/p+1. The van der Waals surface area contributed by atoms with Crippen molar-refractivity contribution in [1.82, 2.24) is 15.0 Å². The maximum atomic E-state index is 9.45. The Morgan fingerprint density at radius 2 is 2.25 bits per heavy atom. The fourth-order valence-electron chi connectivity index (χ4n) is 1.11. The molecule has 16 heavy (non-hydrogen) atoms. The maximum absolute atomic E-state index is 9.45. The van der Waals surface area contributed by atoms with E-state index in [1.165, 1.54) is 0 Å². The van der Waals surface area contributed by atoms with Crippen LogP contribution in [0.25, 0.3) is 11.2 Å². The Hall–Kier alpha value is -1.64. The number of aliphatic hydroxyl groups is 1. The molecule has 0 radical (unpaired) electrons. The molecule has 2 aromatic rings. The summed E-state index contributed by atoms with van der Waals surface area (Å²) in [5, 5.41) is 9.74. The molecule has 5 nitrogen and oxygen atoms in total. The van der Waals surface area contributed by atoms with Gasteiger partial charge >= 0.3 is 5.65 Å². The molecule has 2 rings (SSSR count). The molecule has 0 aliphatic rings. The number of hydrogen-bond donors (Lipinski definition) is 2. The minimum absolute atomic E-state index is 0.274. The lowest BCUT2D eigenvalue weighted by Gasteiger charge is -2.05. The van der Waals surface area contributed by atoms with Crippen LogP contribution in [0.3, 0.4) is 0 Å². The number of imidazole rings is 1. The van der Waals surface area contributed by atoms with Crippen LogP contribution in [0, 0.1) is 11.8 Å². The van der Waals surface area contributed by atoms with Crippen LogP contribution in [0.4, 0.5) is 0 Å². The van der Waals surface area contributed by atoms with Crippen LogP contribution in [-0.2, 0) is 0 Å². The van der Waals surface area contributed by atoms with Gasteiger partial charge in [-0.2, -0.15) is 4.98 Å². The molecule has 82 valence electrons. The van der Waals surface area contributed by atoms with Crippen molar-refractivity contribution >= 4 is 22.8 Å². The van der Waals surface area contributed by atoms with Gasteiger partial charge in [0.2, 0.25) is 5.52 Å². The summed E-state index contributed by atoms with van der Waals surface area (Å²) in [6.07, 6.45) is 1.61. The lowest BCUT2D eigenvalue weighted by Crippen LogP contribution is -2.14. The largest absolute Gasteiger partial charge is 0.378 e.